The highest BCUT2D eigenvalue weighted by molar-refractivity contribution is 7.99. The summed E-state index contributed by atoms with van der Waals surface area (Å²) in [4.78, 5) is 14.7. The van der Waals surface area contributed by atoms with Crippen molar-refractivity contribution in [1.29, 1.82) is 0 Å². The molecule has 5 nitrogen and oxygen atoms in total. The van der Waals surface area contributed by atoms with Crippen molar-refractivity contribution in [1.82, 2.24) is 5.32 Å². The van der Waals surface area contributed by atoms with Crippen molar-refractivity contribution in [2.24, 2.45) is 0 Å². The fourth-order valence-corrected chi connectivity index (χ4v) is 3.11. The second-order valence-corrected chi connectivity index (χ2v) is 6.31. The first kappa shape index (κ1) is 19.6. The molecule has 0 aromatic heterocycles. The van der Waals surface area contributed by atoms with E-state index in [1.54, 1.807) is 11.8 Å². The molecule has 0 fully saturated rings. The van der Waals surface area contributed by atoms with Gasteiger partial charge in [-0.05, 0) is 12.1 Å². The number of anilines is 1. The third-order valence-electron chi connectivity index (χ3n) is 2.60. The molecular weight excluding hydrogens is 359 g/mol. The maximum atomic E-state index is 11.4. The Kier molecular flexibility index (Phi) is 7.69. The van der Waals surface area contributed by atoms with Crippen molar-refractivity contribution in [2.75, 3.05) is 23.2 Å². The van der Waals surface area contributed by atoms with Crippen LogP contribution < -0.4 is 10.2 Å². The van der Waals surface area contributed by atoms with Crippen LogP contribution in [-0.2, 0) is 15.5 Å². The summed E-state index contributed by atoms with van der Waals surface area (Å²) in [6.45, 7) is 0.603. The second-order valence-electron chi connectivity index (χ2n) is 4.34. The van der Waals surface area contributed by atoms with E-state index in [-0.39, 0.29) is 11.8 Å². The van der Waals surface area contributed by atoms with Gasteiger partial charge in [0.15, 0.2) is 10.7 Å². The van der Waals surface area contributed by atoms with E-state index < -0.39 is 18.0 Å². The molecular formula is C11H14BF4N2O3S2-. The van der Waals surface area contributed by atoms with Gasteiger partial charge in [0.2, 0.25) is 5.91 Å². The number of hydrogen-bond acceptors (Lipinski definition) is 5. The lowest BCUT2D eigenvalue weighted by Crippen LogP contribution is -2.30. The summed E-state index contributed by atoms with van der Waals surface area (Å²) < 4.78 is 59.7. The minimum absolute atomic E-state index is 0.233. The highest BCUT2D eigenvalue weighted by atomic mass is 32.2. The maximum Gasteiger partial charge on any atom is 0.673 e. The number of carbonyl (C=O) groups is 1. The molecule has 0 spiro atoms. The number of carbonyl (C=O) groups excluding carboxylic acids is 1. The van der Waals surface area contributed by atoms with Crippen LogP contribution >= 0.6 is 11.8 Å². The van der Waals surface area contributed by atoms with Crippen LogP contribution in [0.25, 0.3) is 0 Å². The predicted octanol–water partition coefficient (Wildman–Crippen LogP) is 1.93. The molecule has 1 aromatic carbocycles. The number of halogens is 4. The average Bonchev–Trinajstić information content (AvgIpc) is 2.84. The Morgan fingerprint density at radius 3 is 2.48 bits per heavy atom. The lowest BCUT2D eigenvalue weighted by Gasteiger charge is -2.17. The lowest BCUT2D eigenvalue weighted by atomic mass is 10.3. The summed E-state index contributed by atoms with van der Waals surface area (Å²) in [7, 11) is -8.55. The quantitative estimate of drug-likeness (QED) is 0.469. The zero-order valence-electron chi connectivity index (χ0n) is 11.8. The van der Waals surface area contributed by atoms with Crippen molar-refractivity contribution in [3.05, 3.63) is 24.3 Å². The van der Waals surface area contributed by atoms with Crippen molar-refractivity contribution >= 4 is 41.3 Å². The number of hydrogen-bond donors (Lipinski definition) is 2. The van der Waals surface area contributed by atoms with Crippen molar-refractivity contribution < 1.29 is 30.5 Å². The van der Waals surface area contributed by atoms with Gasteiger partial charge in [-0.1, -0.05) is 12.1 Å². The number of nitrogens with zero attached hydrogens (tertiary/aromatic N) is 1. The Morgan fingerprint density at radius 1 is 1.26 bits per heavy atom. The number of amides is 1. The summed E-state index contributed by atoms with van der Waals surface area (Å²) in [5.41, 5.74) is 1.14. The summed E-state index contributed by atoms with van der Waals surface area (Å²) in [6, 6.07) is 8.05. The number of fused-ring (bicyclic) bond motifs is 1. The number of thioether (sulfide) groups is 1. The minimum atomic E-state index is -6.00. The number of para-hydroxylation sites is 1. The minimum Gasteiger partial charge on any atom is -0.418 e. The summed E-state index contributed by atoms with van der Waals surface area (Å²) in [5, 5.41) is 2.36. The van der Waals surface area contributed by atoms with Gasteiger partial charge in [0.1, 0.15) is 5.88 Å². The topological polar surface area (TPSA) is 66.5 Å². The zero-order valence-corrected chi connectivity index (χ0v) is 13.5. The molecule has 1 heterocycles. The second kappa shape index (κ2) is 9.01. The largest absolute Gasteiger partial charge is 0.673 e. The molecule has 1 aromatic rings. The van der Waals surface area contributed by atoms with Crippen molar-refractivity contribution in [2.45, 2.75) is 11.3 Å². The molecule has 0 radical (unpaired) electrons. The maximum absolute atomic E-state index is 11.4. The molecule has 0 unspecified atom stereocenters. The number of benzene rings is 1. The fourth-order valence-electron chi connectivity index (χ4n) is 1.72. The fraction of sp³-hybridized carbons (Fsp3) is 0.364. The van der Waals surface area contributed by atoms with Gasteiger partial charge < -0.3 is 27.5 Å². The average molecular weight is 373 g/mol. The van der Waals surface area contributed by atoms with Gasteiger partial charge in [-0.25, -0.2) is 8.42 Å². The van der Waals surface area contributed by atoms with E-state index in [9.17, 15) is 30.5 Å². The Bertz CT molecular complexity index is 599. The first-order valence-corrected chi connectivity index (χ1v) is 8.74. The van der Waals surface area contributed by atoms with Gasteiger partial charge in [-0.15, -0.1) is 11.8 Å². The van der Waals surface area contributed by atoms with Crippen LogP contribution in [0.5, 0.6) is 0 Å². The molecule has 1 aliphatic rings. The van der Waals surface area contributed by atoms with Crippen LogP contribution in [0, 0.1) is 0 Å². The smallest absolute Gasteiger partial charge is 0.418 e. The van der Waals surface area contributed by atoms with E-state index in [0.717, 1.165) is 11.6 Å². The van der Waals surface area contributed by atoms with Gasteiger partial charge in [-0.3, -0.25) is 4.79 Å². The van der Waals surface area contributed by atoms with Crippen LogP contribution in [0.3, 0.4) is 0 Å². The number of thiol groups is 1. The molecule has 0 aliphatic carbocycles. The van der Waals surface area contributed by atoms with Crippen LogP contribution in [0.15, 0.2) is 29.2 Å². The van der Waals surface area contributed by atoms with Crippen molar-refractivity contribution in [3.63, 3.8) is 0 Å². The van der Waals surface area contributed by atoms with Crippen LogP contribution in [0.1, 0.15) is 6.42 Å². The Morgan fingerprint density at radius 2 is 1.87 bits per heavy atom. The molecule has 2 rings (SSSR count). The normalized spacial score (nSPS) is 13.3. The molecule has 12 heteroatoms. The predicted molar refractivity (Wildman–Crippen MR) is 82.6 cm³/mol. The Balaban J connectivity index is 0.000000463. The zero-order chi connectivity index (χ0) is 17.5. The van der Waals surface area contributed by atoms with Gasteiger partial charge in [0.05, 0.1) is 11.6 Å². The van der Waals surface area contributed by atoms with Crippen LogP contribution in [-0.4, -0.2) is 39.9 Å². The van der Waals surface area contributed by atoms with E-state index in [1.165, 1.54) is 4.90 Å². The van der Waals surface area contributed by atoms with Gasteiger partial charge >= 0.3 is 7.25 Å². The highest BCUT2D eigenvalue weighted by Gasteiger charge is 2.20. The Labute approximate surface area is 136 Å². The molecule has 23 heavy (non-hydrogen) atoms. The number of nitrogens with one attached hydrogen (secondary N) is 1. The van der Waals surface area contributed by atoms with E-state index in [2.05, 4.69) is 16.3 Å². The van der Waals surface area contributed by atoms with E-state index in [4.69, 9.17) is 0 Å². The summed E-state index contributed by atoms with van der Waals surface area (Å²) >= 11 is 1.74. The molecule has 0 saturated heterocycles. The molecule has 130 valence electrons. The Hall–Kier alpha value is -1.43. The first-order chi connectivity index (χ1) is 10.7. The molecule has 1 N–H and O–H groups in total. The lowest BCUT2D eigenvalue weighted by molar-refractivity contribution is -0.120. The molecule has 1 amide bonds. The summed E-state index contributed by atoms with van der Waals surface area (Å²) in [6.07, 6.45) is 0.304. The monoisotopic (exact) mass is 373 g/mol. The van der Waals surface area contributed by atoms with E-state index >= 15 is 0 Å². The molecule has 0 bridgehead atoms. The van der Waals surface area contributed by atoms with Crippen molar-refractivity contribution in [3.8, 4) is 0 Å². The van der Waals surface area contributed by atoms with Gasteiger partial charge in [0.25, 0.3) is 0 Å². The van der Waals surface area contributed by atoms with E-state index in [1.807, 2.05) is 18.2 Å². The number of rotatable bonds is 5. The van der Waals surface area contributed by atoms with E-state index in [0.29, 0.717) is 13.0 Å². The third kappa shape index (κ3) is 8.69. The first-order valence-electron chi connectivity index (χ1n) is 6.39. The SMILES string of the molecule is F[B-](F)(F)F.O=C(CCN1CSc2ccccc21)NC[SH](=O)=O. The molecule has 0 atom stereocenters. The summed E-state index contributed by atoms with van der Waals surface area (Å²) in [5.74, 6) is 0.325. The standard InChI is InChI=1S/C11H14N2O3S2.BF4/c14-11(12-7-18(15)16)5-6-13-8-17-10-4-2-1-3-9(10)13;2-1(3,4)5/h1-4,18H,5-8H2,(H,12,14);/q;-1. The van der Waals surface area contributed by atoms with Crippen LogP contribution in [0.2, 0.25) is 0 Å². The third-order valence-corrected chi connectivity index (χ3v) is 4.11. The highest BCUT2D eigenvalue weighted by Crippen LogP contribution is 2.37. The van der Waals surface area contributed by atoms with Gasteiger partial charge in [-0.2, -0.15) is 0 Å². The molecule has 0 saturated carbocycles. The van der Waals surface area contributed by atoms with Gasteiger partial charge in [0, 0.05) is 17.9 Å². The van der Waals surface area contributed by atoms with Crippen LogP contribution in [0.4, 0.5) is 23.0 Å². The molecule has 1 aliphatic heterocycles.